The van der Waals surface area contributed by atoms with Crippen LogP contribution in [0.15, 0.2) is 18.2 Å². The van der Waals surface area contributed by atoms with Crippen LogP contribution in [-0.2, 0) is 4.79 Å². The van der Waals surface area contributed by atoms with Gasteiger partial charge < -0.3 is 19.5 Å². The molecule has 0 atom stereocenters. The van der Waals surface area contributed by atoms with Gasteiger partial charge in [-0.15, -0.1) is 0 Å². The summed E-state index contributed by atoms with van der Waals surface area (Å²) in [5.41, 5.74) is 0.761. The highest BCUT2D eigenvalue weighted by molar-refractivity contribution is 5.92. The maximum Gasteiger partial charge on any atom is 0.244 e. The fraction of sp³-hybridized carbons (Fsp3) is 0.438. The Hall–Kier alpha value is -2.17. The zero-order valence-corrected chi connectivity index (χ0v) is 12.6. The van der Waals surface area contributed by atoms with Gasteiger partial charge in [-0.3, -0.25) is 4.79 Å². The topological polar surface area (TPSA) is 56.8 Å². The van der Waals surface area contributed by atoms with Crippen molar-refractivity contribution in [1.82, 2.24) is 5.32 Å². The Morgan fingerprint density at radius 1 is 1.19 bits per heavy atom. The largest absolute Gasteiger partial charge is 0.493 e. The van der Waals surface area contributed by atoms with Crippen molar-refractivity contribution in [1.29, 1.82) is 0 Å². The third-order valence-electron chi connectivity index (χ3n) is 3.41. The van der Waals surface area contributed by atoms with Crippen molar-refractivity contribution in [3.05, 3.63) is 23.8 Å². The number of carbonyl (C=O) groups is 1. The van der Waals surface area contributed by atoms with E-state index in [0.717, 1.165) is 12.1 Å². The van der Waals surface area contributed by atoms with E-state index in [1.54, 1.807) is 33.5 Å². The summed E-state index contributed by atoms with van der Waals surface area (Å²) in [4.78, 5) is 11.7. The zero-order valence-electron chi connectivity index (χ0n) is 12.6. The van der Waals surface area contributed by atoms with Gasteiger partial charge >= 0.3 is 0 Å². The van der Waals surface area contributed by atoms with Crippen molar-refractivity contribution in [2.75, 3.05) is 27.9 Å². The van der Waals surface area contributed by atoms with E-state index in [4.69, 9.17) is 14.2 Å². The van der Waals surface area contributed by atoms with Crippen molar-refractivity contribution in [3.8, 4) is 17.2 Å². The number of rotatable bonds is 7. The lowest BCUT2D eigenvalue weighted by Gasteiger charge is -2.13. The molecule has 1 aliphatic carbocycles. The zero-order chi connectivity index (χ0) is 15.2. The predicted molar refractivity (Wildman–Crippen MR) is 80.9 cm³/mol. The molecule has 1 aromatic rings. The average Bonchev–Trinajstić information content (AvgIpc) is 3.33. The summed E-state index contributed by atoms with van der Waals surface area (Å²) in [5.74, 6) is 2.21. The lowest BCUT2D eigenvalue weighted by molar-refractivity contribution is -0.116. The van der Waals surface area contributed by atoms with Crippen molar-refractivity contribution in [2.45, 2.75) is 12.8 Å². The van der Waals surface area contributed by atoms with Gasteiger partial charge in [0.25, 0.3) is 0 Å². The quantitative estimate of drug-likeness (QED) is 0.783. The summed E-state index contributed by atoms with van der Waals surface area (Å²) >= 11 is 0. The maximum absolute atomic E-state index is 11.7. The minimum Gasteiger partial charge on any atom is -0.493 e. The van der Waals surface area contributed by atoms with Crippen molar-refractivity contribution in [3.63, 3.8) is 0 Å². The Kier molecular flexibility index (Phi) is 5.09. The average molecular weight is 291 g/mol. The number of hydrogen-bond donors (Lipinski definition) is 1. The molecular formula is C16H21NO4. The third-order valence-corrected chi connectivity index (χ3v) is 3.41. The fourth-order valence-electron chi connectivity index (χ4n) is 2.05. The van der Waals surface area contributed by atoms with E-state index in [0.29, 0.717) is 23.2 Å². The van der Waals surface area contributed by atoms with Crippen LogP contribution in [0.1, 0.15) is 18.4 Å². The first-order valence-electron chi connectivity index (χ1n) is 6.94. The summed E-state index contributed by atoms with van der Waals surface area (Å²) in [6.45, 7) is 0.756. The van der Waals surface area contributed by atoms with E-state index in [9.17, 15) is 4.79 Å². The molecule has 0 aliphatic heterocycles. The molecule has 1 fully saturated rings. The lowest BCUT2D eigenvalue weighted by atomic mass is 10.1. The molecule has 1 aliphatic rings. The number of nitrogens with one attached hydrogen (secondary N) is 1. The van der Waals surface area contributed by atoms with E-state index in [1.165, 1.54) is 18.9 Å². The van der Waals surface area contributed by atoms with Gasteiger partial charge in [0.05, 0.1) is 21.3 Å². The first kappa shape index (κ1) is 15.2. The molecule has 0 radical (unpaired) electrons. The number of benzene rings is 1. The van der Waals surface area contributed by atoms with Crippen molar-refractivity contribution >= 4 is 12.0 Å². The van der Waals surface area contributed by atoms with Crippen LogP contribution in [0.5, 0.6) is 17.2 Å². The summed E-state index contributed by atoms with van der Waals surface area (Å²) in [6.07, 6.45) is 5.65. The van der Waals surface area contributed by atoms with Gasteiger partial charge in [-0.1, -0.05) is 0 Å². The highest BCUT2D eigenvalue weighted by Crippen LogP contribution is 2.40. The molecule has 0 saturated heterocycles. The van der Waals surface area contributed by atoms with E-state index < -0.39 is 0 Å². The molecule has 1 N–H and O–H groups in total. The van der Waals surface area contributed by atoms with Crippen LogP contribution in [0.4, 0.5) is 0 Å². The minimum absolute atomic E-state index is 0.0984. The normalized spacial score (nSPS) is 14.0. The number of carbonyl (C=O) groups excluding carboxylic acids is 1. The highest BCUT2D eigenvalue weighted by Gasteiger charge is 2.21. The molecular weight excluding hydrogens is 270 g/mol. The smallest absolute Gasteiger partial charge is 0.244 e. The SMILES string of the molecule is COc1ccc(/C=C/C(=O)NCC2CC2)c(OC)c1OC. The Morgan fingerprint density at radius 2 is 1.90 bits per heavy atom. The highest BCUT2D eigenvalue weighted by atomic mass is 16.5. The van der Waals surface area contributed by atoms with Crippen molar-refractivity contribution < 1.29 is 19.0 Å². The van der Waals surface area contributed by atoms with E-state index in [-0.39, 0.29) is 5.91 Å². The predicted octanol–water partition coefficient (Wildman–Crippen LogP) is 2.25. The van der Waals surface area contributed by atoms with Crippen LogP contribution < -0.4 is 19.5 Å². The van der Waals surface area contributed by atoms with E-state index >= 15 is 0 Å². The standard InChI is InChI=1S/C16H21NO4/c1-19-13-8-6-12(15(20-2)16(13)21-3)7-9-14(18)17-10-11-4-5-11/h6-9,11H,4-5,10H2,1-3H3,(H,17,18)/b9-7+. The molecule has 0 unspecified atom stereocenters. The van der Waals surface area contributed by atoms with Gasteiger partial charge in [0.2, 0.25) is 11.7 Å². The van der Waals surface area contributed by atoms with Crippen LogP contribution in [0.25, 0.3) is 6.08 Å². The monoisotopic (exact) mass is 291 g/mol. The molecule has 0 heterocycles. The Bertz CT molecular complexity index is 535. The Labute approximate surface area is 124 Å². The number of ether oxygens (including phenoxy) is 3. The second kappa shape index (κ2) is 7.02. The van der Waals surface area contributed by atoms with Gasteiger partial charge in [0, 0.05) is 18.2 Å². The van der Waals surface area contributed by atoms with Gasteiger partial charge in [-0.05, 0) is 37.0 Å². The number of methoxy groups -OCH3 is 3. The second-order valence-electron chi connectivity index (χ2n) is 4.95. The van der Waals surface area contributed by atoms with Crippen LogP contribution in [-0.4, -0.2) is 33.8 Å². The molecule has 1 amide bonds. The Balaban J connectivity index is 2.12. The summed E-state index contributed by atoms with van der Waals surface area (Å²) in [5, 5.41) is 2.88. The van der Waals surface area contributed by atoms with Gasteiger partial charge in [0.15, 0.2) is 11.5 Å². The Morgan fingerprint density at radius 3 is 2.48 bits per heavy atom. The van der Waals surface area contributed by atoms with Crippen LogP contribution in [0, 0.1) is 5.92 Å². The molecule has 5 heteroatoms. The van der Waals surface area contributed by atoms with Crippen molar-refractivity contribution in [2.24, 2.45) is 5.92 Å². The molecule has 5 nitrogen and oxygen atoms in total. The van der Waals surface area contributed by atoms with Gasteiger partial charge in [0.1, 0.15) is 0 Å². The minimum atomic E-state index is -0.0984. The number of amides is 1. The van der Waals surface area contributed by atoms with Crippen LogP contribution >= 0.6 is 0 Å². The molecule has 0 aromatic heterocycles. The molecule has 1 aromatic carbocycles. The summed E-state index contributed by atoms with van der Waals surface area (Å²) in [7, 11) is 4.68. The lowest BCUT2D eigenvalue weighted by Crippen LogP contribution is -2.23. The van der Waals surface area contributed by atoms with Crippen LogP contribution in [0.2, 0.25) is 0 Å². The number of hydrogen-bond acceptors (Lipinski definition) is 4. The first-order chi connectivity index (χ1) is 10.2. The van der Waals surface area contributed by atoms with Crippen LogP contribution in [0.3, 0.4) is 0 Å². The molecule has 0 bridgehead atoms. The molecule has 1 saturated carbocycles. The summed E-state index contributed by atoms with van der Waals surface area (Å²) < 4.78 is 15.9. The molecule has 21 heavy (non-hydrogen) atoms. The fourth-order valence-corrected chi connectivity index (χ4v) is 2.05. The molecule has 114 valence electrons. The molecule has 2 rings (SSSR count). The van der Waals surface area contributed by atoms with E-state index in [1.807, 2.05) is 6.07 Å². The van der Waals surface area contributed by atoms with Gasteiger partial charge in [-0.2, -0.15) is 0 Å². The molecule has 0 spiro atoms. The van der Waals surface area contributed by atoms with Gasteiger partial charge in [-0.25, -0.2) is 0 Å². The maximum atomic E-state index is 11.7. The third kappa shape index (κ3) is 3.90. The first-order valence-corrected chi connectivity index (χ1v) is 6.94. The van der Waals surface area contributed by atoms with E-state index in [2.05, 4.69) is 5.32 Å². The summed E-state index contributed by atoms with van der Waals surface area (Å²) in [6, 6.07) is 3.61. The second-order valence-corrected chi connectivity index (χ2v) is 4.95.